The molecular formula is C16H26N6O2. The quantitative estimate of drug-likeness (QED) is 0.629. The van der Waals surface area contributed by atoms with Crippen LogP contribution in [-0.4, -0.2) is 72.5 Å². The third-order valence-electron chi connectivity index (χ3n) is 4.51. The van der Waals surface area contributed by atoms with Gasteiger partial charge in [-0.1, -0.05) is 0 Å². The Morgan fingerprint density at radius 2 is 2.38 bits per heavy atom. The molecule has 0 aromatic carbocycles. The Labute approximate surface area is 142 Å². The molecule has 2 aliphatic rings. The van der Waals surface area contributed by atoms with Crippen molar-refractivity contribution < 1.29 is 9.53 Å². The molecule has 0 aliphatic carbocycles. The molecule has 8 nitrogen and oxygen atoms in total. The lowest BCUT2D eigenvalue weighted by atomic mass is 10.2. The van der Waals surface area contributed by atoms with E-state index in [1.54, 1.807) is 22.8 Å². The first-order chi connectivity index (χ1) is 11.7. The zero-order chi connectivity index (χ0) is 16.9. The number of amides is 1. The average molecular weight is 334 g/mol. The van der Waals surface area contributed by atoms with Crippen molar-refractivity contribution in [3.05, 3.63) is 12.4 Å². The van der Waals surface area contributed by atoms with Crippen LogP contribution >= 0.6 is 0 Å². The molecule has 1 aromatic heterocycles. The van der Waals surface area contributed by atoms with Gasteiger partial charge >= 0.3 is 0 Å². The molecule has 2 saturated heterocycles. The number of nitrogens with one attached hydrogen (secondary N) is 1. The van der Waals surface area contributed by atoms with E-state index in [4.69, 9.17) is 4.74 Å². The number of anilines is 1. The van der Waals surface area contributed by atoms with Gasteiger partial charge in [-0.15, -0.1) is 0 Å². The predicted octanol–water partition coefficient (Wildman–Crippen LogP) is 0.213. The second kappa shape index (κ2) is 7.65. The third kappa shape index (κ3) is 3.87. The van der Waals surface area contributed by atoms with Crippen molar-refractivity contribution >= 4 is 17.6 Å². The maximum absolute atomic E-state index is 12.5. The number of nitrogens with zero attached hydrogens (tertiary/aromatic N) is 5. The normalized spacial score (nSPS) is 22.3. The minimum Gasteiger partial charge on any atom is -0.378 e. The molecule has 2 fully saturated rings. The van der Waals surface area contributed by atoms with Crippen LogP contribution in [0.1, 0.15) is 19.3 Å². The van der Waals surface area contributed by atoms with Crippen molar-refractivity contribution in [2.45, 2.75) is 25.4 Å². The second-order valence-corrected chi connectivity index (χ2v) is 6.24. The molecular weight excluding hydrogens is 308 g/mol. The van der Waals surface area contributed by atoms with E-state index >= 15 is 0 Å². The van der Waals surface area contributed by atoms with Gasteiger partial charge in [0.25, 0.3) is 0 Å². The van der Waals surface area contributed by atoms with Crippen LogP contribution in [0.3, 0.4) is 0 Å². The number of aliphatic imine (C=N–C) groups is 1. The van der Waals surface area contributed by atoms with E-state index in [0.29, 0.717) is 19.2 Å². The molecule has 3 rings (SSSR count). The number of carbonyl (C=O) groups is 1. The van der Waals surface area contributed by atoms with E-state index < -0.39 is 0 Å². The van der Waals surface area contributed by atoms with E-state index in [1.165, 1.54) is 0 Å². The van der Waals surface area contributed by atoms with Crippen LogP contribution in [0.25, 0.3) is 0 Å². The van der Waals surface area contributed by atoms with E-state index in [-0.39, 0.29) is 5.91 Å². The summed E-state index contributed by atoms with van der Waals surface area (Å²) in [5.74, 6) is 0.850. The fraction of sp³-hybridized carbons (Fsp3) is 0.688. The van der Waals surface area contributed by atoms with Gasteiger partial charge in [0, 0.05) is 46.5 Å². The van der Waals surface area contributed by atoms with Crippen LogP contribution in [0.4, 0.5) is 5.69 Å². The lowest BCUT2D eigenvalue weighted by Gasteiger charge is -2.35. The predicted molar refractivity (Wildman–Crippen MR) is 92.1 cm³/mol. The summed E-state index contributed by atoms with van der Waals surface area (Å²) < 4.78 is 7.34. The molecule has 24 heavy (non-hydrogen) atoms. The minimum absolute atomic E-state index is 0.0660. The highest BCUT2D eigenvalue weighted by Gasteiger charge is 2.27. The summed E-state index contributed by atoms with van der Waals surface area (Å²) in [6, 6.07) is 0. The highest BCUT2D eigenvalue weighted by molar-refractivity contribution is 5.98. The number of rotatable bonds is 4. The second-order valence-electron chi connectivity index (χ2n) is 6.24. The van der Waals surface area contributed by atoms with E-state index in [1.807, 2.05) is 18.1 Å². The average Bonchev–Trinajstić information content (AvgIpc) is 3.23. The van der Waals surface area contributed by atoms with Crippen molar-refractivity contribution in [3.63, 3.8) is 0 Å². The molecule has 8 heteroatoms. The lowest BCUT2D eigenvalue weighted by molar-refractivity contribution is -0.120. The lowest BCUT2D eigenvalue weighted by Crippen LogP contribution is -2.55. The topological polar surface area (TPSA) is 75.0 Å². The summed E-state index contributed by atoms with van der Waals surface area (Å²) in [5, 5.41) is 7.49. The number of guanidine groups is 1. The Morgan fingerprint density at radius 3 is 3.00 bits per heavy atom. The SMILES string of the molecule is CN=C(NCCC1CCCO1)N1CCN(c2cnn(C)c2)C(=O)C1. The summed E-state index contributed by atoms with van der Waals surface area (Å²) in [7, 11) is 3.61. The Bertz CT molecular complexity index is 593. The molecule has 1 unspecified atom stereocenters. The van der Waals surface area contributed by atoms with Gasteiger partial charge < -0.3 is 19.9 Å². The molecule has 0 radical (unpaired) electrons. The van der Waals surface area contributed by atoms with Crippen molar-refractivity contribution in [1.82, 2.24) is 20.0 Å². The fourth-order valence-electron chi connectivity index (χ4n) is 3.22. The zero-order valence-electron chi connectivity index (χ0n) is 14.4. The largest absolute Gasteiger partial charge is 0.378 e. The summed E-state index contributed by atoms with van der Waals surface area (Å²) >= 11 is 0. The fourth-order valence-corrected chi connectivity index (χ4v) is 3.22. The van der Waals surface area contributed by atoms with Gasteiger partial charge in [-0.05, 0) is 19.3 Å². The number of aromatic nitrogens is 2. The smallest absolute Gasteiger partial charge is 0.246 e. The minimum atomic E-state index is 0.0660. The van der Waals surface area contributed by atoms with Gasteiger partial charge in [0.2, 0.25) is 5.91 Å². The first-order valence-corrected chi connectivity index (χ1v) is 8.53. The molecule has 1 aromatic rings. The van der Waals surface area contributed by atoms with Gasteiger partial charge in [-0.2, -0.15) is 5.10 Å². The highest BCUT2D eigenvalue weighted by Crippen LogP contribution is 2.16. The maximum atomic E-state index is 12.5. The molecule has 0 bridgehead atoms. The Hall–Kier alpha value is -2.09. The molecule has 0 spiro atoms. The van der Waals surface area contributed by atoms with Crippen LogP contribution in [0, 0.1) is 0 Å². The molecule has 1 atom stereocenters. The van der Waals surface area contributed by atoms with Crippen LogP contribution in [0.5, 0.6) is 0 Å². The number of hydrogen-bond donors (Lipinski definition) is 1. The summed E-state index contributed by atoms with van der Waals surface area (Å²) in [4.78, 5) is 20.6. The first kappa shape index (κ1) is 16.8. The molecule has 1 N–H and O–H groups in total. The van der Waals surface area contributed by atoms with Gasteiger partial charge in [0.1, 0.15) is 6.54 Å². The monoisotopic (exact) mass is 334 g/mol. The number of aryl methyl sites for hydroxylation is 1. The maximum Gasteiger partial charge on any atom is 0.246 e. The molecule has 0 saturated carbocycles. The van der Waals surface area contributed by atoms with Crippen molar-refractivity contribution in [1.29, 1.82) is 0 Å². The number of piperazine rings is 1. The van der Waals surface area contributed by atoms with Gasteiger partial charge in [0.05, 0.1) is 18.0 Å². The van der Waals surface area contributed by atoms with Gasteiger partial charge in [-0.3, -0.25) is 14.5 Å². The van der Waals surface area contributed by atoms with Crippen LogP contribution in [-0.2, 0) is 16.6 Å². The van der Waals surface area contributed by atoms with Crippen molar-refractivity contribution in [2.24, 2.45) is 12.0 Å². The van der Waals surface area contributed by atoms with Crippen LogP contribution < -0.4 is 10.2 Å². The summed E-state index contributed by atoms with van der Waals surface area (Å²) in [6.07, 6.45) is 7.22. The van der Waals surface area contributed by atoms with Gasteiger partial charge in [0.15, 0.2) is 5.96 Å². The first-order valence-electron chi connectivity index (χ1n) is 8.53. The van der Waals surface area contributed by atoms with Crippen LogP contribution in [0.15, 0.2) is 17.4 Å². The molecule has 2 aliphatic heterocycles. The highest BCUT2D eigenvalue weighted by atomic mass is 16.5. The van der Waals surface area contributed by atoms with Crippen molar-refractivity contribution in [2.75, 3.05) is 44.7 Å². The third-order valence-corrected chi connectivity index (χ3v) is 4.51. The number of hydrogen-bond acceptors (Lipinski definition) is 4. The van der Waals surface area contributed by atoms with Crippen molar-refractivity contribution in [3.8, 4) is 0 Å². The molecule has 1 amide bonds. The number of carbonyl (C=O) groups excluding carboxylic acids is 1. The Kier molecular flexibility index (Phi) is 5.34. The van der Waals surface area contributed by atoms with E-state index in [0.717, 1.165) is 50.6 Å². The Morgan fingerprint density at radius 1 is 1.50 bits per heavy atom. The molecule has 3 heterocycles. The van der Waals surface area contributed by atoms with E-state index in [2.05, 4.69) is 15.4 Å². The molecule has 132 valence electrons. The van der Waals surface area contributed by atoms with Gasteiger partial charge in [-0.25, -0.2) is 0 Å². The summed E-state index contributed by atoms with van der Waals surface area (Å²) in [5.41, 5.74) is 0.850. The zero-order valence-corrected chi connectivity index (χ0v) is 14.4. The van der Waals surface area contributed by atoms with Crippen LogP contribution in [0.2, 0.25) is 0 Å². The Balaban J connectivity index is 1.50. The standard InChI is InChI=1S/C16H26N6O2/c1-17-16(18-6-5-14-4-3-9-24-14)21-7-8-22(15(23)12-21)13-10-19-20(2)11-13/h10-11,14H,3-9,12H2,1-2H3,(H,17,18). The number of ether oxygens (including phenoxy) is 1. The van der Waals surface area contributed by atoms with E-state index in [9.17, 15) is 4.79 Å². The summed E-state index contributed by atoms with van der Waals surface area (Å²) in [6.45, 7) is 3.41.